The minimum atomic E-state index is -1.14. The molecule has 0 N–H and O–H groups in total. The molecule has 0 aromatic heterocycles. The molecule has 1 aromatic rings. The van der Waals surface area contributed by atoms with Crippen molar-refractivity contribution in [3.63, 3.8) is 0 Å². The van der Waals surface area contributed by atoms with Gasteiger partial charge in [0, 0.05) is 0 Å². The van der Waals surface area contributed by atoms with Gasteiger partial charge in [0.1, 0.15) is 0 Å². The van der Waals surface area contributed by atoms with E-state index >= 15 is 0 Å². The van der Waals surface area contributed by atoms with Crippen LogP contribution in [0.4, 0.5) is 0 Å². The average Bonchev–Trinajstić information content (AvgIpc) is 2.16. The van der Waals surface area contributed by atoms with Crippen LogP contribution < -0.4 is 5.30 Å². The molecule has 0 aliphatic carbocycles. The van der Waals surface area contributed by atoms with Crippen LogP contribution in [0.3, 0.4) is 0 Å². The Kier molecular flexibility index (Phi) is 4.13. The summed E-state index contributed by atoms with van der Waals surface area (Å²) in [5.41, 5.74) is 0. The fourth-order valence-corrected chi connectivity index (χ4v) is 4.37. The summed E-state index contributed by atoms with van der Waals surface area (Å²) < 4.78 is 0. The molecular formula is C13H23P. The Balaban J connectivity index is 2.66. The third-order valence-electron chi connectivity index (χ3n) is 2.90. The van der Waals surface area contributed by atoms with Gasteiger partial charge in [-0.05, 0) is 0 Å². The molecule has 0 amide bonds. The van der Waals surface area contributed by atoms with E-state index in [1.807, 2.05) is 0 Å². The van der Waals surface area contributed by atoms with Gasteiger partial charge in [-0.1, -0.05) is 0 Å². The molecule has 0 aliphatic rings. The molecule has 1 rings (SSSR count). The maximum atomic E-state index is 2.48. The van der Waals surface area contributed by atoms with E-state index in [1.54, 1.807) is 5.30 Å². The van der Waals surface area contributed by atoms with E-state index in [1.165, 1.54) is 12.6 Å². The second-order valence-corrected chi connectivity index (χ2v) is 10.0. The summed E-state index contributed by atoms with van der Waals surface area (Å²) in [6.45, 7) is 9.58. The van der Waals surface area contributed by atoms with Crippen molar-refractivity contribution in [2.75, 3.05) is 19.5 Å². The van der Waals surface area contributed by atoms with Gasteiger partial charge in [-0.3, -0.25) is 0 Å². The molecule has 0 aliphatic heterocycles. The first kappa shape index (κ1) is 11.7. The second-order valence-electron chi connectivity index (χ2n) is 5.18. The van der Waals surface area contributed by atoms with Crippen molar-refractivity contribution in [1.82, 2.24) is 0 Å². The molecule has 14 heavy (non-hydrogen) atoms. The van der Waals surface area contributed by atoms with Crippen LogP contribution >= 0.6 is 7.26 Å². The molecule has 0 bridgehead atoms. The van der Waals surface area contributed by atoms with Gasteiger partial charge in [0.05, 0.1) is 0 Å². The van der Waals surface area contributed by atoms with Crippen molar-refractivity contribution < 1.29 is 0 Å². The molecule has 0 fully saturated rings. The van der Waals surface area contributed by atoms with Crippen LogP contribution in [-0.4, -0.2) is 19.5 Å². The summed E-state index contributed by atoms with van der Waals surface area (Å²) >= 11 is 0. The predicted octanol–water partition coefficient (Wildman–Crippen LogP) is 3.37. The van der Waals surface area contributed by atoms with Crippen molar-refractivity contribution in [3.05, 3.63) is 30.3 Å². The number of rotatable bonds is 4. The molecule has 0 heterocycles. The number of hydrogen-bond acceptors (Lipinski definition) is 0. The van der Waals surface area contributed by atoms with E-state index in [4.69, 9.17) is 0 Å². The summed E-state index contributed by atoms with van der Waals surface area (Å²) in [6.07, 6.45) is 2.78. The maximum absolute atomic E-state index is 2.48. The Hall–Kier alpha value is -0.350. The predicted molar refractivity (Wildman–Crippen MR) is 70.6 cm³/mol. The van der Waals surface area contributed by atoms with Crippen LogP contribution in [0, 0.1) is 5.92 Å². The zero-order valence-electron chi connectivity index (χ0n) is 9.88. The van der Waals surface area contributed by atoms with Gasteiger partial charge in [0.15, 0.2) is 0 Å². The summed E-state index contributed by atoms with van der Waals surface area (Å²) in [4.78, 5) is 0. The molecule has 1 aromatic carbocycles. The minimum absolute atomic E-state index is 0.838. The third-order valence-corrected chi connectivity index (χ3v) is 6.34. The van der Waals surface area contributed by atoms with Gasteiger partial charge in [-0.2, -0.15) is 0 Å². The van der Waals surface area contributed by atoms with E-state index in [9.17, 15) is 0 Å². The van der Waals surface area contributed by atoms with Crippen molar-refractivity contribution in [2.45, 2.75) is 20.3 Å². The van der Waals surface area contributed by atoms with Gasteiger partial charge in [0.2, 0.25) is 0 Å². The summed E-state index contributed by atoms with van der Waals surface area (Å²) in [5.74, 6) is 0.838. The SMILES string of the molecule is CC(C)CC[PH](C)(C)c1ccccc1. The zero-order valence-corrected chi connectivity index (χ0v) is 10.9. The van der Waals surface area contributed by atoms with Crippen LogP contribution in [-0.2, 0) is 0 Å². The fourth-order valence-electron chi connectivity index (χ4n) is 1.68. The van der Waals surface area contributed by atoms with E-state index in [2.05, 4.69) is 57.5 Å². The van der Waals surface area contributed by atoms with E-state index < -0.39 is 7.26 Å². The first-order valence-corrected chi connectivity index (χ1v) is 8.78. The molecule has 80 valence electrons. The van der Waals surface area contributed by atoms with Crippen LogP contribution in [0.15, 0.2) is 30.3 Å². The van der Waals surface area contributed by atoms with Crippen molar-refractivity contribution in [2.24, 2.45) is 5.92 Å². The fraction of sp³-hybridized carbons (Fsp3) is 0.538. The van der Waals surface area contributed by atoms with Gasteiger partial charge < -0.3 is 0 Å². The van der Waals surface area contributed by atoms with Crippen molar-refractivity contribution in [3.8, 4) is 0 Å². The van der Waals surface area contributed by atoms with Gasteiger partial charge in [-0.15, -0.1) is 0 Å². The van der Waals surface area contributed by atoms with E-state index in [-0.39, 0.29) is 0 Å². The van der Waals surface area contributed by atoms with Gasteiger partial charge in [0.25, 0.3) is 0 Å². The quantitative estimate of drug-likeness (QED) is 0.668. The molecule has 0 saturated carbocycles. The van der Waals surface area contributed by atoms with Crippen LogP contribution in [0.25, 0.3) is 0 Å². The zero-order chi connectivity index (χ0) is 10.6. The molecule has 1 heteroatoms. The topological polar surface area (TPSA) is 0 Å². The van der Waals surface area contributed by atoms with E-state index in [0.717, 1.165) is 5.92 Å². The Bertz CT molecular complexity index is 262. The molecule has 0 saturated heterocycles. The summed E-state index contributed by atoms with van der Waals surface area (Å²) in [6, 6.07) is 11.0. The Morgan fingerprint density at radius 3 is 2.14 bits per heavy atom. The van der Waals surface area contributed by atoms with E-state index in [0.29, 0.717) is 0 Å². The second kappa shape index (κ2) is 4.94. The standard InChI is InChI=1S/C13H23P/c1-12(2)10-11-14(3,4)13-8-6-5-7-9-13/h5-9,12,14H,10-11H2,1-4H3. The Morgan fingerprint density at radius 1 is 1.07 bits per heavy atom. The molecule has 0 nitrogen and oxygen atoms in total. The molecule has 0 unspecified atom stereocenters. The monoisotopic (exact) mass is 210 g/mol. The van der Waals surface area contributed by atoms with Crippen LogP contribution in [0.1, 0.15) is 20.3 Å². The summed E-state index contributed by atoms with van der Waals surface area (Å²) in [7, 11) is -1.14. The van der Waals surface area contributed by atoms with Crippen molar-refractivity contribution in [1.29, 1.82) is 0 Å². The third kappa shape index (κ3) is 3.42. The summed E-state index contributed by atoms with van der Waals surface area (Å²) in [5, 5.41) is 1.60. The van der Waals surface area contributed by atoms with Crippen LogP contribution in [0.2, 0.25) is 0 Å². The molecule has 0 atom stereocenters. The molecule has 0 spiro atoms. The van der Waals surface area contributed by atoms with Crippen molar-refractivity contribution >= 4 is 12.6 Å². The first-order valence-electron chi connectivity index (χ1n) is 5.58. The Morgan fingerprint density at radius 2 is 1.64 bits per heavy atom. The van der Waals surface area contributed by atoms with Gasteiger partial charge in [-0.25, -0.2) is 0 Å². The molecule has 0 radical (unpaired) electrons. The number of hydrogen-bond donors (Lipinski definition) is 0. The molecular weight excluding hydrogens is 187 g/mol. The first-order chi connectivity index (χ1) is 6.52. The van der Waals surface area contributed by atoms with Gasteiger partial charge >= 0.3 is 88.6 Å². The Labute approximate surface area is 89.1 Å². The number of benzene rings is 1. The average molecular weight is 210 g/mol. The van der Waals surface area contributed by atoms with Crippen LogP contribution in [0.5, 0.6) is 0 Å². The normalized spacial score (nSPS) is 13.2.